The van der Waals surface area contributed by atoms with Crippen molar-refractivity contribution in [2.24, 2.45) is 5.92 Å². The molecule has 0 spiro atoms. The molecule has 4 rings (SSSR count). The summed E-state index contributed by atoms with van der Waals surface area (Å²) in [5, 5.41) is 8.88. The van der Waals surface area contributed by atoms with Crippen LogP contribution in [0.15, 0.2) is 53.5 Å². The van der Waals surface area contributed by atoms with Crippen LogP contribution in [0.25, 0.3) is 10.8 Å². The first-order chi connectivity index (χ1) is 12.7. The molecule has 1 aliphatic rings. The molecule has 1 saturated carbocycles. The van der Waals surface area contributed by atoms with Gasteiger partial charge in [0.1, 0.15) is 0 Å². The van der Waals surface area contributed by atoms with Crippen LogP contribution in [0.2, 0.25) is 0 Å². The van der Waals surface area contributed by atoms with Crippen molar-refractivity contribution >= 4 is 16.7 Å². The Morgan fingerprint density at radius 2 is 1.88 bits per heavy atom. The van der Waals surface area contributed by atoms with Crippen molar-refractivity contribution in [2.45, 2.75) is 32.4 Å². The first-order valence-corrected chi connectivity index (χ1v) is 8.89. The predicted octanol–water partition coefficient (Wildman–Crippen LogP) is 2.26. The number of aromatic nitrogens is 3. The summed E-state index contributed by atoms with van der Waals surface area (Å²) in [5.41, 5.74) is 1.31. The Hall–Kier alpha value is -3.02. The lowest BCUT2D eigenvalue weighted by molar-refractivity contribution is -0.127. The van der Waals surface area contributed by atoms with Crippen LogP contribution in [-0.4, -0.2) is 20.7 Å². The molecule has 1 amide bonds. The number of carbonyl (C=O) groups excluding carboxylic acids is 1. The second kappa shape index (κ2) is 7.07. The summed E-state index contributed by atoms with van der Waals surface area (Å²) < 4.78 is 1.43. The number of nitrogens with one attached hydrogen (secondary N) is 1. The van der Waals surface area contributed by atoms with E-state index in [9.17, 15) is 9.59 Å². The van der Waals surface area contributed by atoms with Gasteiger partial charge in [0.15, 0.2) is 0 Å². The highest BCUT2D eigenvalue weighted by Gasteiger charge is 2.25. The smallest absolute Gasteiger partial charge is 0.275 e. The molecule has 1 aliphatic carbocycles. The second-order valence-electron chi connectivity index (χ2n) is 6.62. The highest BCUT2D eigenvalue weighted by molar-refractivity contribution is 5.84. The Balaban J connectivity index is 1.67. The van der Waals surface area contributed by atoms with Gasteiger partial charge in [-0.3, -0.25) is 14.6 Å². The summed E-state index contributed by atoms with van der Waals surface area (Å²) in [6.45, 7) is 0.617. The van der Waals surface area contributed by atoms with E-state index in [-0.39, 0.29) is 17.4 Å². The lowest BCUT2D eigenvalue weighted by Crippen LogP contribution is -2.35. The molecule has 0 atom stereocenters. The van der Waals surface area contributed by atoms with Gasteiger partial charge in [0.25, 0.3) is 5.56 Å². The topological polar surface area (TPSA) is 76.9 Å². The molecule has 0 bridgehead atoms. The average molecular weight is 348 g/mol. The highest BCUT2D eigenvalue weighted by Crippen LogP contribution is 2.26. The number of rotatable bonds is 5. The third-order valence-electron chi connectivity index (χ3n) is 4.89. The molecule has 0 radical (unpaired) electrons. The van der Waals surface area contributed by atoms with E-state index in [2.05, 4.69) is 15.4 Å². The number of carbonyl (C=O) groups is 1. The quantitative estimate of drug-likeness (QED) is 0.767. The Bertz CT molecular complexity index is 994. The Kier molecular flexibility index (Phi) is 4.48. The number of amides is 1. The number of hydrogen-bond donors (Lipinski definition) is 1. The van der Waals surface area contributed by atoms with Crippen LogP contribution in [-0.2, 0) is 17.9 Å². The van der Waals surface area contributed by atoms with Crippen LogP contribution >= 0.6 is 0 Å². The van der Waals surface area contributed by atoms with Crippen LogP contribution in [0, 0.1) is 5.92 Å². The monoisotopic (exact) mass is 348 g/mol. The molecular formula is C20H20N4O2. The van der Waals surface area contributed by atoms with Crippen LogP contribution in [0.3, 0.4) is 0 Å². The van der Waals surface area contributed by atoms with Gasteiger partial charge < -0.3 is 5.32 Å². The summed E-state index contributed by atoms with van der Waals surface area (Å²) in [7, 11) is 0. The fraction of sp³-hybridized carbons (Fsp3) is 0.300. The van der Waals surface area contributed by atoms with Crippen LogP contribution in [0.4, 0.5) is 0 Å². The molecule has 6 nitrogen and oxygen atoms in total. The SMILES string of the molecule is O=C(NCc1nn(Cc2ccccn2)c(=O)c2ccccc12)C1CCC1. The minimum Gasteiger partial charge on any atom is -0.350 e. The first-order valence-electron chi connectivity index (χ1n) is 8.89. The third kappa shape index (κ3) is 3.22. The molecule has 1 aromatic carbocycles. The van der Waals surface area contributed by atoms with Crippen molar-refractivity contribution in [3.63, 3.8) is 0 Å². The fourth-order valence-corrected chi connectivity index (χ4v) is 3.17. The van der Waals surface area contributed by atoms with Gasteiger partial charge >= 0.3 is 0 Å². The van der Waals surface area contributed by atoms with E-state index in [0.717, 1.165) is 30.3 Å². The third-order valence-corrected chi connectivity index (χ3v) is 4.89. The van der Waals surface area contributed by atoms with Gasteiger partial charge in [0.2, 0.25) is 5.91 Å². The van der Waals surface area contributed by atoms with E-state index in [1.165, 1.54) is 4.68 Å². The summed E-state index contributed by atoms with van der Waals surface area (Å²) in [6, 6.07) is 13.0. The highest BCUT2D eigenvalue weighted by atomic mass is 16.2. The van der Waals surface area contributed by atoms with Gasteiger partial charge in [-0.25, -0.2) is 4.68 Å². The van der Waals surface area contributed by atoms with Crippen molar-refractivity contribution in [3.05, 3.63) is 70.4 Å². The molecule has 132 valence electrons. The van der Waals surface area contributed by atoms with Gasteiger partial charge in [0, 0.05) is 17.5 Å². The van der Waals surface area contributed by atoms with Gasteiger partial charge in [-0.1, -0.05) is 30.7 Å². The largest absolute Gasteiger partial charge is 0.350 e. The van der Waals surface area contributed by atoms with Crippen molar-refractivity contribution in [2.75, 3.05) is 0 Å². The Labute approximate surface area is 150 Å². The standard InChI is InChI=1S/C20H20N4O2/c25-19(14-6-5-7-14)22-12-18-16-9-1-2-10-17(16)20(26)24(23-18)13-15-8-3-4-11-21-15/h1-4,8-11,14H,5-7,12-13H2,(H,22,25). The molecule has 1 fully saturated rings. The lowest BCUT2D eigenvalue weighted by Gasteiger charge is -2.24. The van der Waals surface area contributed by atoms with Crippen LogP contribution in [0.5, 0.6) is 0 Å². The zero-order valence-electron chi connectivity index (χ0n) is 14.4. The normalized spacial score (nSPS) is 14.2. The number of nitrogens with zero attached hydrogens (tertiary/aromatic N) is 3. The summed E-state index contributed by atoms with van der Waals surface area (Å²) >= 11 is 0. The number of fused-ring (bicyclic) bond motifs is 1. The number of hydrogen-bond acceptors (Lipinski definition) is 4. The summed E-state index contributed by atoms with van der Waals surface area (Å²) in [5.74, 6) is 0.199. The zero-order valence-corrected chi connectivity index (χ0v) is 14.4. The minimum atomic E-state index is -0.152. The fourth-order valence-electron chi connectivity index (χ4n) is 3.17. The molecular weight excluding hydrogens is 328 g/mol. The van der Waals surface area contributed by atoms with Gasteiger partial charge in [-0.05, 0) is 31.0 Å². The predicted molar refractivity (Wildman–Crippen MR) is 98.5 cm³/mol. The van der Waals surface area contributed by atoms with E-state index in [4.69, 9.17) is 0 Å². The first kappa shape index (κ1) is 16.4. The minimum absolute atomic E-state index is 0.0737. The molecule has 2 aromatic heterocycles. The molecule has 6 heteroatoms. The van der Waals surface area contributed by atoms with Crippen molar-refractivity contribution in [3.8, 4) is 0 Å². The number of pyridine rings is 1. The molecule has 26 heavy (non-hydrogen) atoms. The maximum absolute atomic E-state index is 12.8. The summed E-state index contributed by atoms with van der Waals surface area (Å²) in [6.07, 6.45) is 4.73. The average Bonchev–Trinajstić information content (AvgIpc) is 2.62. The van der Waals surface area contributed by atoms with E-state index in [0.29, 0.717) is 24.2 Å². The maximum atomic E-state index is 12.8. The van der Waals surface area contributed by atoms with Gasteiger partial charge in [0.05, 0.1) is 29.9 Å². The van der Waals surface area contributed by atoms with Gasteiger partial charge in [-0.15, -0.1) is 0 Å². The van der Waals surface area contributed by atoms with E-state index >= 15 is 0 Å². The number of benzene rings is 1. The maximum Gasteiger partial charge on any atom is 0.275 e. The van der Waals surface area contributed by atoms with Crippen molar-refractivity contribution < 1.29 is 4.79 Å². The van der Waals surface area contributed by atoms with Crippen LogP contribution < -0.4 is 10.9 Å². The summed E-state index contributed by atoms with van der Waals surface area (Å²) in [4.78, 5) is 29.2. The van der Waals surface area contributed by atoms with Crippen molar-refractivity contribution in [1.82, 2.24) is 20.1 Å². The Morgan fingerprint density at radius 3 is 2.58 bits per heavy atom. The van der Waals surface area contributed by atoms with Crippen molar-refractivity contribution in [1.29, 1.82) is 0 Å². The lowest BCUT2D eigenvalue weighted by atomic mass is 9.85. The Morgan fingerprint density at radius 1 is 1.12 bits per heavy atom. The molecule has 0 aliphatic heterocycles. The molecule has 0 saturated heterocycles. The molecule has 0 unspecified atom stereocenters. The van der Waals surface area contributed by atoms with Crippen LogP contribution in [0.1, 0.15) is 30.7 Å². The van der Waals surface area contributed by atoms with E-state index in [1.54, 1.807) is 12.3 Å². The second-order valence-corrected chi connectivity index (χ2v) is 6.62. The molecule has 3 aromatic rings. The van der Waals surface area contributed by atoms with Gasteiger partial charge in [-0.2, -0.15) is 5.10 Å². The van der Waals surface area contributed by atoms with E-state index in [1.807, 2.05) is 36.4 Å². The molecule has 1 N–H and O–H groups in total. The van der Waals surface area contributed by atoms with E-state index < -0.39 is 0 Å². The zero-order chi connectivity index (χ0) is 17.9. The molecule has 2 heterocycles.